The molecule has 2 atom stereocenters. The predicted molar refractivity (Wildman–Crippen MR) is 69.6 cm³/mol. The SMILES string of the molecule is C#C/C=C(/C)C(CCC)C(CC)C(C)C. The highest BCUT2D eigenvalue weighted by Gasteiger charge is 2.23. The predicted octanol–water partition coefficient (Wildman–Crippen LogP) is 4.66. The van der Waals surface area contributed by atoms with Crippen molar-refractivity contribution in [1.82, 2.24) is 0 Å². The van der Waals surface area contributed by atoms with Crippen molar-refractivity contribution in [3.8, 4) is 12.3 Å². The molecule has 0 N–H and O–H groups in total. The third-order valence-electron chi connectivity index (χ3n) is 3.34. The van der Waals surface area contributed by atoms with Crippen molar-refractivity contribution in [2.45, 2.75) is 53.9 Å². The fraction of sp³-hybridized carbons (Fsp3) is 0.733. The van der Waals surface area contributed by atoms with Gasteiger partial charge in [-0.3, -0.25) is 0 Å². The van der Waals surface area contributed by atoms with E-state index < -0.39 is 0 Å². The molecule has 2 unspecified atom stereocenters. The van der Waals surface area contributed by atoms with Crippen LogP contribution in [-0.2, 0) is 0 Å². The molecule has 0 heteroatoms. The van der Waals surface area contributed by atoms with E-state index in [4.69, 9.17) is 6.42 Å². The summed E-state index contributed by atoms with van der Waals surface area (Å²) in [5, 5.41) is 0. The zero-order chi connectivity index (χ0) is 11.8. The van der Waals surface area contributed by atoms with E-state index in [1.165, 1.54) is 24.8 Å². The lowest BCUT2D eigenvalue weighted by molar-refractivity contribution is 0.262. The van der Waals surface area contributed by atoms with E-state index in [2.05, 4.69) is 40.5 Å². The molecule has 15 heavy (non-hydrogen) atoms. The Hall–Kier alpha value is -0.700. The highest BCUT2D eigenvalue weighted by molar-refractivity contribution is 5.18. The molecule has 0 amide bonds. The smallest absolute Gasteiger partial charge is 0.0129 e. The minimum absolute atomic E-state index is 0.677. The first-order chi connectivity index (χ1) is 7.08. The minimum atomic E-state index is 0.677. The quantitative estimate of drug-likeness (QED) is 0.554. The van der Waals surface area contributed by atoms with E-state index in [1.807, 2.05) is 6.08 Å². The standard InChI is InChI=1S/C15H26/c1-7-10-13(6)15(11-8-2)14(9-3)12(4)5/h1,10,12,14-15H,8-9,11H2,2-6H3/b13-10-. The summed E-state index contributed by atoms with van der Waals surface area (Å²) < 4.78 is 0. The molecule has 0 radical (unpaired) electrons. The highest BCUT2D eigenvalue weighted by Crippen LogP contribution is 2.33. The van der Waals surface area contributed by atoms with E-state index in [-0.39, 0.29) is 0 Å². The molecule has 0 fully saturated rings. The summed E-state index contributed by atoms with van der Waals surface area (Å²) >= 11 is 0. The largest absolute Gasteiger partial charge is 0.115 e. The molecular formula is C15H26. The van der Waals surface area contributed by atoms with Crippen LogP contribution in [0.5, 0.6) is 0 Å². The lowest BCUT2D eigenvalue weighted by Gasteiger charge is -2.30. The average molecular weight is 206 g/mol. The monoisotopic (exact) mass is 206 g/mol. The zero-order valence-corrected chi connectivity index (χ0v) is 11.0. The van der Waals surface area contributed by atoms with Gasteiger partial charge in [-0.1, -0.05) is 52.0 Å². The second-order valence-corrected chi connectivity index (χ2v) is 4.77. The van der Waals surface area contributed by atoms with Gasteiger partial charge in [0.25, 0.3) is 0 Å². The molecule has 0 aromatic rings. The van der Waals surface area contributed by atoms with E-state index in [0.717, 1.165) is 11.8 Å². The first-order valence-electron chi connectivity index (χ1n) is 6.21. The maximum Gasteiger partial charge on any atom is -0.0129 e. The Morgan fingerprint density at radius 1 is 1.33 bits per heavy atom. The van der Waals surface area contributed by atoms with Crippen molar-refractivity contribution in [2.75, 3.05) is 0 Å². The second kappa shape index (κ2) is 7.57. The average Bonchev–Trinajstić information content (AvgIpc) is 2.17. The third kappa shape index (κ3) is 4.56. The summed E-state index contributed by atoms with van der Waals surface area (Å²) in [5.74, 6) is 4.86. The molecule has 0 aliphatic heterocycles. The molecule has 0 bridgehead atoms. The summed E-state index contributed by atoms with van der Waals surface area (Å²) in [5.41, 5.74) is 1.39. The van der Waals surface area contributed by atoms with Crippen molar-refractivity contribution >= 4 is 0 Å². The molecule has 0 aliphatic carbocycles. The molecule has 0 spiro atoms. The van der Waals surface area contributed by atoms with E-state index in [1.54, 1.807) is 0 Å². The van der Waals surface area contributed by atoms with Gasteiger partial charge in [-0.2, -0.15) is 0 Å². The van der Waals surface area contributed by atoms with Crippen LogP contribution in [0.4, 0.5) is 0 Å². The first-order valence-corrected chi connectivity index (χ1v) is 6.21. The molecule has 0 heterocycles. The molecule has 0 saturated heterocycles. The highest BCUT2D eigenvalue weighted by atomic mass is 14.3. The Kier molecular flexibility index (Phi) is 7.22. The van der Waals surface area contributed by atoms with Gasteiger partial charge in [0.05, 0.1) is 0 Å². The van der Waals surface area contributed by atoms with E-state index in [0.29, 0.717) is 5.92 Å². The summed E-state index contributed by atoms with van der Waals surface area (Å²) in [6.45, 7) is 11.4. The Morgan fingerprint density at radius 3 is 2.27 bits per heavy atom. The Morgan fingerprint density at radius 2 is 1.93 bits per heavy atom. The third-order valence-corrected chi connectivity index (χ3v) is 3.34. The number of allylic oxidation sites excluding steroid dienone is 2. The van der Waals surface area contributed by atoms with Gasteiger partial charge in [-0.05, 0) is 37.2 Å². The maximum absolute atomic E-state index is 5.35. The molecule has 0 aliphatic rings. The first kappa shape index (κ1) is 14.3. The van der Waals surface area contributed by atoms with Gasteiger partial charge >= 0.3 is 0 Å². The van der Waals surface area contributed by atoms with Gasteiger partial charge in [-0.15, -0.1) is 6.42 Å². The lowest BCUT2D eigenvalue weighted by atomic mass is 9.75. The van der Waals surface area contributed by atoms with Crippen LogP contribution < -0.4 is 0 Å². The van der Waals surface area contributed by atoms with E-state index >= 15 is 0 Å². The van der Waals surface area contributed by atoms with Gasteiger partial charge < -0.3 is 0 Å². The van der Waals surface area contributed by atoms with Gasteiger partial charge in [0.2, 0.25) is 0 Å². The van der Waals surface area contributed by atoms with E-state index in [9.17, 15) is 0 Å². The second-order valence-electron chi connectivity index (χ2n) is 4.77. The molecule has 0 nitrogen and oxygen atoms in total. The number of hydrogen-bond acceptors (Lipinski definition) is 0. The molecule has 0 rings (SSSR count). The van der Waals surface area contributed by atoms with Crippen LogP contribution in [0.15, 0.2) is 11.6 Å². The summed E-state index contributed by atoms with van der Waals surface area (Å²) in [7, 11) is 0. The number of terminal acetylenes is 1. The van der Waals surface area contributed by atoms with Crippen LogP contribution in [-0.4, -0.2) is 0 Å². The molecule has 0 aromatic carbocycles. The normalized spacial score (nSPS) is 16.2. The topological polar surface area (TPSA) is 0 Å². The molecule has 0 aromatic heterocycles. The van der Waals surface area contributed by atoms with Gasteiger partial charge in [0.15, 0.2) is 0 Å². The van der Waals surface area contributed by atoms with Crippen molar-refractivity contribution in [3.05, 3.63) is 11.6 Å². The lowest BCUT2D eigenvalue weighted by Crippen LogP contribution is -2.20. The van der Waals surface area contributed by atoms with Crippen LogP contribution in [0.2, 0.25) is 0 Å². The fourth-order valence-electron chi connectivity index (χ4n) is 2.55. The summed E-state index contributed by atoms with van der Waals surface area (Å²) in [6, 6.07) is 0. The Labute approximate surface area is 96.2 Å². The van der Waals surface area contributed by atoms with Crippen molar-refractivity contribution in [1.29, 1.82) is 0 Å². The van der Waals surface area contributed by atoms with Crippen LogP contribution >= 0.6 is 0 Å². The summed E-state index contributed by atoms with van der Waals surface area (Å²) in [4.78, 5) is 0. The zero-order valence-electron chi connectivity index (χ0n) is 11.0. The van der Waals surface area contributed by atoms with Gasteiger partial charge in [0, 0.05) is 0 Å². The van der Waals surface area contributed by atoms with Crippen LogP contribution in [0.3, 0.4) is 0 Å². The van der Waals surface area contributed by atoms with Crippen molar-refractivity contribution in [3.63, 3.8) is 0 Å². The fourth-order valence-corrected chi connectivity index (χ4v) is 2.55. The van der Waals surface area contributed by atoms with Gasteiger partial charge in [-0.25, -0.2) is 0 Å². The molecular weight excluding hydrogens is 180 g/mol. The Bertz CT molecular complexity index is 227. The maximum atomic E-state index is 5.35. The van der Waals surface area contributed by atoms with Crippen molar-refractivity contribution in [2.24, 2.45) is 17.8 Å². The van der Waals surface area contributed by atoms with Gasteiger partial charge in [0.1, 0.15) is 0 Å². The number of rotatable bonds is 6. The van der Waals surface area contributed by atoms with Crippen molar-refractivity contribution < 1.29 is 0 Å². The molecule has 0 saturated carbocycles. The Balaban J connectivity index is 4.78. The number of hydrogen-bond donors (Lipinski definition) is 0. The van der Waals surface area contributed by atoms with Crippen LogP contribution in [0.25, 0.3) is 0 Å². The molecule has 86 valence electrons. The van der Waals surface area contributed by atoms with Crippen LogP contribution in [0.1, 0.15) is 53.9 Å². The summed E-state index contributed by atoms with van der Waals surface area (Å²) in [6.07, 6.45) is 11.1. The van der Waals surface area contributed by atoms with Crippen LogP contribution in [0, 0.1) is 30.1 Å². The minimum Gasteiger partial charge on any atom is -0.115 e.